The first-order valence-corrected chi connectivity index (χ1v) is 8.43. The van der Waals surface area contributed by atoms with Gasteiger partial charge in [0.1, 0.15) is 5.71 Å². The maximum absolute atomic E-state index is 11.1. The summed E-state index contributed by atoms with van der Waals surface area (Å²) >= 11 is 0. The Bertz CT molecular complexity index is 1190. The fraction of sp³-hybridized carbons (Fsp3) is 0. The summed E-state index contributed by atoms with van der Waals surface area (Å²) in [5, 5.41) is 40.3. The first-order valence-electron chi connectivity index (χ1n) is 8.43. The van der Waals surface area contributed by atoms with Crippen LogP contribution >= 0.6 is 0 Å². The third-order valence-corrected chi connectivity index (χ3v) is 4.52. The normalized spacial score (nSPS) is 11.9. The molecule has 0 unspecified atom stereocenters. The van der Waals surface area contributed by atoms with Gasteiger partial charge in [-0.25, -0.2) is 0 Å². The van der Waals surface area contributed by atoms with Gasteiger partial charge in [-0.1, -0.05) is 48.5 Å². The number of fused-ring (bicyclic) bond motifs is 3. The van der Waals surface area contributed by atoms with E-state index in [0.717, 1.165) is 34.5 Å². The number of phenols is 1. The van der Waals surface area contributed by atoms with Crippen LogP contribution in [0.2, 0.25) is 0 Å². The third-order valence-electron chi connectivity index (χ3n) is 4.52. The van der Waals surface area contributed by atoms with Gasteiger partial charge in [0, 0.05) is 17.2 Å². The summed E-state index contributed by atoms with van der Waals surface area (Å²) in [4.78, 5) is 20.4. The maximum atomic E-state index is 11.1. The van der Waals surface area contributed by atoms with Crippen LogP contribution in [0.15, 0.2) is 70.9 Å². The Labute approximate surface area is 163 Å². The number of nitro groups is 2. The van der Waals surface area contributed by atoms with Crippen molar-refractivity contribution in [3.05, 3.63) is 97.6 Å². The minimum atomic E-state index is -0.894. The molecule has 142 valence electrons. The second-order valence-electron chi connectivity index (χ2n) is 6.20. The van der Waals surface area contributed by atoms with E-state index in [9.17, 15) is 25.3 Å². The van der Waals surface area contributed by atoms with Gasteiger partial charge in [-0.15, -0.1) is 5.10 Å². The molecule has 9 nitrogen and oxygen atoms in total. The van der Waals surface area contributed by atoms with Gasteiger partial charge in [0.2, 0.25) is 5.75 Å². The van der Waals surface area contributed by atoms with E-state index in [4.69, 9.17) is 0 Å². The lowest BCUT2D eigenvalue weighted by atomic mass is 10.1. The highest BCUT2D eigenvalue weighted by Gasteiger charge is 2.25. The van der Waals surface area contributed by atoms with E-state index in [1.807, 2.05) is 48.5 Å². The van der Waals surface area contributed by atoms with Gasteiger partial charge in [0.15, 0.2) is 0 Å². The van der Waals surface area contributed by atoms with Crippen LogP contribution in [0, 0.1) is 20.2 Å². The largest absolute Gasteiger partial charge is 0.502 e. The highest BCUT2D eigenvalue weighted by molar-refractivity contribution is 6.24. The highest BCUT2D eigenvalue weighted by atomic mass is 16.6. The Morgan fingerprint density at radius 1 is 0.828 bits per heavy atom. The van der Waals surface area contributed by atoms with Gasteiger partial charge >= 0.3 is 5.69 Å². The van der Waals surface area contributed by atoms with Gasteiger partial charge in [-0.05, 0) is 11.1 Å². The average molecular weight is 388 g/mol. The zero-order valence-corrected chi connectivity index (χ0v) is 14.7. The zero-order valence-electron chi connectivity index (χ0n) is 14.7. The molecule has 9 heteroatoms. The highest BCUT2D eigenvalue weighted by Crippen LogP contribution is 2.37. The van der Waals surface area contributed by atoms with Crippen LogP contribution in [0.5, 0.6) is 5.75 Å². The summed E-state index contributed by atoms with van der Waals surface area (Å²) in [5.74, 6) is -0.711. The SMILES string of the molecule is O=[N+]([O-])c1cc(C=NN=C2c3ccccc3-c3ccccc32)c(O)c([N+](=O)[O-])c1. The van der Waals surface area contributed by atoms with Gasteiger partial charge < -0.3 is 5.11 Å². The second kappa shape index (κ2) is 6.97. The topological polar surface area (TPSA) is 131 Å². The molecule has 0 spiro atoms. The number of non-ortho nitro benzene ring substituents is 1. The van der Waals surface area contributed by atoms with E-state index < -0.39 is 27.0 Å². The van der Waals surface area contributed by atoms with E-state index >= 15 is 0 Å². The predicted octanol–water partition coefficient (Wildman–Crippen LogP) is 4.06. The fourth-order valence-corrected chi connectivity index (χ4v) is 3.22. The van der Waals surface area contributed by atoms with Gasteiger partial charge in [0.25, 0.3) is 5.69 Å². The molecule has 1 N–H and O–H groups in total. The molecular weight excluding hydrogens is 376 g/mol. The summed E-state index contributed by atoms with van der Waals surface area (Å²) in [5.41, 5.74) is 2.89. The first kappa shape index (κ1) is 18.0. The van der Waals surface area contributed by atoms with Crippen LogP contribution < -0.4 is 0 Å². The molecule has 1 aliphatic rings. The van der Waals surface area contributed by atoms with Crippen molar-refractivity contribution in [1.29, 1.82) is 0 Å². The Kier molecular flexibility index (Phi) is 4.32. The number of rotatable bonds is 4. The van der Waals surface area contributed by atoms with E-state index in [1.165, 1.54) is 0 Å². The molecule has 4 rings (SSSR count). The zero-order chi connectivity index (χ0) is 20.5. The molecule has 0 fully saturated rings. The number of phenolic OH excluding ortho intramolecular Hbond substituents is 1. The van der Waals surface area contributed by atoms with Crippen LogP contribution in [0.4, 0.5) is 11.4 Å². The van der Waals surface area contributed by atoms with Crippen LogP contribution in [0.1, 0.15) is 16.7 Å². The lowest BCUT2D eigenvalue weighted by molar-refractivity contribution is -0.394. The lowest BCUT2D eigenvalue weighted by Gasteiger charge is -2.01. The molecule has 0 saturated heterocycles. The molecule has 1 aliphatic carbocycles. The van der Waals surface area contributed by atoms with Crippen LogP contribution in [0.3, 0.4) is 0 Å². The Morgan fingerprint density at radius 3 is 1.90 bits per heavy atom. The third kappa shape index (κ3) is 3.10. The molecule has 29 heavy (non-hydrogen) atoms. The number of hydrogen-bond donors (Lipinski definition) is 1. The van der Waals surface area contributed by atoms with Crippen molar-refractivity contribution in [2.75, 3.05) is 0 Å². The fourth-order valence-electron chi connectivity index (χ4n) is 3.22. The van der Waals surface area contributed by atoms with Gasteiger partial charge in [-0.3, -0.25) is 20.2 Å². The van der Waals surface area contributed by atoms with Gasteiger partial charge in [-0.2, -0.15) is 5.10 Å². The van der Waals surface area contributed by atoms with Crippen molar-refractivity contribution >= 4 is 23.3 Å². The quantitative estimate of drug-likeness (QED) is 0.320. The maximum Gasteiger partial charge on any atom is 0.318 e. The smallest absolute Gasteiger partial charge is 0.318 e. The molecule has 0 radical (unpaired) electrons. The van der Waals surface area contributed by atoms with Gasteiger partial charge in [0.05, 0.1) is 27.7 Å². The van der Waals surface area contributed by atoms with Crippen molar-refractivity contribution in [1.82, 2.24) is 0 Å². The summed E-state index contributed by atoms with van der Waals surface area (Å²) in [6.07, 6.45) is 1.06. The van der Waals surface area contributed by atoms with Crippen molar-refractivity contribution in [3.63, 3.8) is 0 Å². The van der Waals surface area contributed by atoms with E-state index in [-0.39, 0.29) is 5.56 Å². The molecule has 0 aliphatic heterocycles. The van der Waals surface area contributed by atoms with E-state index in [0.29, 0.717) is 11.8 Å². The summed E-state index contributed by atoms with van der Waals surface area (Å²) < 4.78 is 0. The molecule has 0 bridgehead atoms. The summed E-state index contributed by atoms with van der Waals surface area (Å²) in [6, 6.07) is 17.0. The Morgan fingerprint density at radius 2 is 1.38 bits per heavy atom. The van der Waals surface area contributed by atoms with E-state index in [1.54, 1.807) is 0 Å². The second-order valence-corrected chi connectivity index (χ2v) is 6.20. The molecule has 0 atom stereocenters. The molecule has 0 aromatic heterocycles. The number of hydrogen-bond acceptors (Lipinski definition) is 7. The lowest BCUT2D eigenvalue weighted by Crippen LogP contribution is -1.98. The number of benzene rings is 3. The first-order chi connectivity index (χ1) is 14.0. The van der Waals surface area contributed by atoms with Crippen molar-refractivity contribution in [3.8, 4) is 16.9 Å². The number of nitro benzene ring substituents is 2. The minimum absolute atomic E-state index is 0.171. The minimum Gasteiger partial charge on any atom is -0.502 e. The monoisotopic (exact) mass is 388 g/mol. The van der Waals surface area contributed by atoms with Crippen molar-refractivity contribution in [2.24, 2.45) is 10.2 Å². The average Bonchev–Trinajstić information content (AvgIpc) is 3.03. The summed E-state index contributed by atoms with van der Waals surface area (Å²) in [7, 11) is 0. The molecular formula is C20H12N4O5. The Balaban J connectivity index is 1.79. The van der Waals surface area contributed by atoms with E-state index in [2.05, 4.69) is 10.2 Å². The molecule has 0 heterocycles. The molecule has 0 amide bonds. The molecule has 3 aromatic rings. The molecule has 3 aromatic carbocycles. The van der Waals surface area contributed by atoms with Crippen molar-refractivity contribution in [2.45, 2.75) is 0 Å². The van der Waals surface area contributed by atoms with Crippen LogP contribution in [-0.2, 0) is 0 Å². The van der Waals surface area contributed by atoms with Crippen molar-refractivity contribution < 1.29 is 15.0 Å². The Hall–Kier alpha value is -4.40. The predicted molar refractivity (Wildman–Crippen MR) is 107 cm³/mol. The summed E-state index contributed by atoms with van der Waals surface area (Å²) in [6.45, 7) is 0. The van der Waals surface area contributed by atoms with Crippen LogP contribution in [-0.4, -0.2) is 26.9 Å². The van der Waals surface area contributed by atoms with Crippen LogP contribution in [0.25, 0.3) is 11.1 Å². The number of nitrogens with zero attached hydrogens (tertiary/aromatic N) is 4. The standard InChI is InChI=1S/C20H12N4O5/c25-20-12(9-13(23(26)27)10-18(20)24(28)29)11-21-22-19-16-7-3-1-5-14(16)15-6-2-4-8-17(15)19/h1-11,25H. The molecule has 0 saturated carbocycles. The number of aromatic hydroxyl groups is 1.